The lowest BCUT2D eigenvalue weighted by Gasteiger charge is -2.26. The number of ketones is 1. The number of rotatable bonds is 6. The summed E-state index contributed by atoms with van der Waals surface area (Å²) in [4.78, 5) is 31.8. The number of Topliss-reactive ketones (excluding diaryl/α,β-unsaturated/α-hetero) is 1. The zero-order valence-corrected chi connectivity index (χ0v) is 18.6. The molecule has 1 amide bonds. The second kappa shape index (κ2) is 9.16. The number of hydrogen-bond acceptors (Lipinski definition) is 6. The number of anilines is 1. The van der Waals surface area contributed by atoms with Crippen LogP contribution in [0.3, 0.4) is 0 Å². The average Bonchev–Trinajstić information content (AvgIpc) is 3.10. The summed E-state index contributed by atoms with van der Waals surface area (Å²) in [7, 11) is 1.52. The minimum Gasteiger partial charge on any atom is -0.507 e. The van der Waals surface area contributed by atoms with Gasteiger partial charge in [-0.05, 0) is 61.4 Å². The molecule has 0 spiro atoms. The van der Waals surface area contributed by atoms with E-state index in [9.17, 15) is 14.7 Å². The Morgan fingerprint density at radius 2 is 1.82 bits per heavy atom. The summed E-state index contributed by atoms with van der Waals surface area (Å²) in [5.74, 6) is -0.722. The van der Waals surface area contributed by atoms with E-state index in [1.54, 1.807) is 36.4 Å². The molecule has 1 saturated heterocycles. The third-order valence-corrected chi connectivity index (χ3v) is 5.48. The largest absolute Gasteiger partial charge is 0.507 e. The molecule has 3 aromatic rings. The standard InChI is InChI=1S/C26H24N2O5/c1-4-33-20-9-8-18(15-21(20)32-3)23-22(24(29)17-10-12-27-13-11-17)25(30)26(31)28(23)19-7-5-6-16(2)14-19/h5-15,23,29H,4H2,1-3H3/b24-22-. The first-order chi connectivity index (χ1) is 16.0. The molecule has 1 aromatic heterocycles. The molecule has 7 nitrogen and oxygen atoms in total. The van der Waals surface area contributed by atoms with E-state index in [1.807, 2.05) is 32.0 Å². The number of aryl methyl sites for hydroxylation is 1. The van der Waals surface area contributed by atoms with E-state index in [-0.39, 0.29) is 11.3 Å². The third-order valence-electron chi connectivity index (χ3n) is 5.48. The number of hydrogen-bond donors (Lipinski definition) is 1. The Morgan fingerprint density at radius 1 is 1.06 bits per heavy atom. The van der Waals surface area contributed by atoms with Crippen LogP contribution in [0.5, 0.6) is 11.5 Å². The second-order valence-electron chi connectivity index (χ2n) is 7.59. The van der Waals surface area contributed by atoms with Gasteiger partial charge in [-0.15, -0.1) is 0 Å². The maximum atomic E-state index is 13.2. The summed E-state index contributed by atoms with van der Waals surface area (Å²) in [5, 5.41) is 11.1. The molecule has 1 N–H and O–H groups in total. The number of aromatic nitrogens is 1. The zero-order chi connectivity index (χ0) is 23.5. The van der Waals surface area contributed by atoms with Gasteiger partial charge < -0.3 is 14.6 Å². The topological polar surface area (TPSA) is 89.0 Å². The molecule has 1 aliphatic rings. The number of amides is 1. The molecule has 0 saturated carbocycles. The molecule has 2 aromatic carbocycles. The zero-order valence-electron chi connectivity index (χ0n) is 18.6. The number of ether oxygens (including phenoxy) is 2. The summed E-state index contributed by atoms with van der Waals surface area (Å²) >= 11 is 0. The molecular formula is C26H24N2O5. The molecule has 1 fully saturated rings. The molecule has 1 unspecified atom stereocenters. The Hall–Kier alpha value is -4.13. The van der Waals surface area contributed by atoms with Gasteiger partial charge in [-0.3, -0.25) is 19.5 Å². The number of carbonyl (C=O) groups is 2. The van der Waals surface area contributed by atoms with Crippen LogP contribution in [-0.4, -0.2) is 35.5 Å². The number of aliphatic hydroxyl groups excluding tert-OH is 1. The smallest absolute Gasteiger partial charge is 0.300 e. The van der Waals surface area contributed by atoms with Crippen molar-refractivity contribution in [1.82, 2.24) is 4.98 Å². The van der Waals surface area contributed by atoms with Gasteiger partial charge in [0, 0.05) is 23.6 Å². The van der Waals surface area contributed by atoms with Crippen LogP contribution in [0.1, 0.15) is 29.7 Å². The lowest BCUT2D eigenvalue weighted by atomic mass is 9.95. The van der Waals surface area contributed by atoms with Crippen LogP contribution in [0.2, 0.25) is 0 Å². The minimum atomic E-state index is -0.857. The fourth-order valence-electron chi connectivity index (χ4n) is 3.99. The number of carbonyl (C=O) groups excluding carboxylic acids is 2. The van der Waals surface area contributed by atoms with Gasteiger partial charge in [-0.2, -0.15) is 0 Å². The molecule has 4 rings (SSSR count). The van der Waals surface area contributed by atoms with E-state index in [2.05, 4.69) is 4.98 Å². The Bertz CT molecular complexity index is 1240. The lowest BCUT2D eigenvalue weighted by Crippen LogP contribution is -2.29. The fourth-order valence-corrected chi connectivity index (χ4v) is 3.99. The van der Waals surface area contributed by atoms with Crippen molar-refractivity contribution >= 4 is 23.1 Å². The van der Waals surface area contributed by atoms with Crippen molar-refractivity contribution in [2.45, 2.75) is 19.9 Å². The van der Waals surface area contributed by atoms with Crippen LogP contribution in [0.25, 0.3) is 5.76 Å². The molecule has 7 heteroatoms. The summed E-state index contributed by atoms with van der Waals surface area (Å²) < 4.78 is 11.1. The third kappa shape index (κ3) is 4.05. The van der Waals surface area contributed by atoms with E-state index in [0.717, 1.165) is 5.56 Å². The Kier molecular flexibility index (Phi) is 6.13. The first kappa shape index (κ1) is 22.1. The van der Waals surface area contributed by atoms with Gasteiger partial charge in [0.25, 0.3) is 11.7 Å². The molecule has 0 radical (unpaired) electrons. The lowest BCUT2D eigenvalue weighted by molar-refractivity contribution is -0.132. The summed E-state index contributed by atoms with van der Waals surface area (Å²) in [6.45, 7) is 4.24. The SMILES string of the molecule is CCOc1ccc(C2/C(=C(/O)c3ccncc3)C(=O)C(=O)N2c2cccc(C)c2)cc1OC. The number of nitrogens with zero attached hydrogens (tertiary/aromatic N) is 2. The van der Waals surface area contributed by atoms with E-state index < -0.39 is 17.7 Å². The Labute approximate surface area is 191 Å². The quantitative estimate of drug-likeness (QED) is 0.344. The van der Waals surface area contributed by atoms with Crippen molar-refractivity contribution in [3.8, 4) is 11.5 Å². The van der Waals surface area contributed by atoms with Crippen molar-refractivity contribution in [1.29, 1.82) is 0 Å². The van der Waals surface area contributed by atoms with Crippen LogP contribution in [0.4, 0.5) is 5.69 Å². The predicted molar refractivity (Wildman–Crippen MR) is 124 cm³/mol. The molecule has 0 aliphatic carbocycles. The van der Waals surface area contributed by atoms with Crippen LogP contribution >= 0.6 is 0 Å². The van der Waals surface area contributed by atoms with Crippen molar-refractivity contribution in [3.05, 3.63) is 89.3 Å². The number of aliphatic hydroxyl groups is 1. The van der Waals surface area contributed by atoms with Gasteiger partial charge in [0.05, 0.1) is 25.3 Å². The van der Waals surface area contributed by atoms with Gasteiger partial charge in [-0.25, -0.2) is 0 Å². The van der Waals surface area contributed by atoms with Crippen LogP contribution in [-0.2, 0) is 9.59 Å². The maximum Gasteiger partial charge on any atom is 0.300 e. The first-order valence-corrected chi connectivity index (χ1v) is 10.5. The predicted octanol–water partition coefficient (Wildman–Crippen LogP) is 4.42. The highest BCUT2D eigenvalue weighted by molar-refractivity contribution is 6.51. The fraction of sp³-hybridized carbons (Fsp3) is 0.192. The van der Waals surface area contributed by atoms with Crippen molar-refractivity contribution in [3.63, 3.8) is 0 Å². The van der Waals surface area contributed by atoms with Gasteiger partial charge in [-0.1, -0.05) is 18.2 Å². The van der Waals surface area contributed by atoms with Gasteiger partial charge in [0.15, 0.2) is 11.5 Å². The van der Waals surface area contributed by atoms with Crippen LogP contribution in [0.15, 0.2) is 72.6 Å². The average molecular weight is 444 g/mol. The van der Waals surface area contributed by atoms with E-state index >= 15 is 0 Å². The molecule has 0 bridgehead atoms. The van der Waals surface area contributed by atoms with Gasteiger partial charge >= 0.3 is 0 Å². The second-order valence-corrected chi connectivity index (χ2v) is 7.59. The van der Waals surface area contributed by atoms with E-state index in [1.165, 1.54) is 24.4 Å². The molecule has 1 aliphatic heterocycles. The minimum absolute atomic E-state index is 0.00100. The van der Waals surface area contributed by atoms with E-state index in [4.69, 9.17) is 9.47 Å². The summed E-state index contributed by atoms with van der Waals surface area (Å²) in [6.07, 6.45) is 3.03. The summed E-state index contributed by atoms with van der Waals surface area (Å²) in [5.41, 5.74) is 2.50. The highest BCUT2D eigenvalue weighted by Crippen LogP contribution is 2.44. The Balaban J connectivity index is 1.95. The monoisotopic (exact) mass is 444 g/mol. The highest BCUT2D eigenvalue weighted by atomic mass is 16.5. The molecule has 1 atom stereocenters. The van der Waals surface area contributed by atoms with Crippen molar-refractivity contribution in [2.24, 2.45) is 0 Å². The first-order valence-electron chi connectivity index (χ1n) is 10.5. The number of benzene rings is 2. The van der Waals surface area contributed by atoms with Crippen LogP contribution < -0.4 is 14.4 Å². The van der Waals surface area contributed by atoms with Crippen molar-refractivity contribution < 1.29 is 24.2 Å². The van der Waals surface area contributed by atoms with Crippen LogP contribution in [0, 0.1) is 6.92 Å². The van der Waals surface area contributed by atoms with E-state index in [0.29, 0.717) is 34.9 Å². The molecule has 168 valence electrons. The number of pyridine rings is 1. The van der Waals surface area contributed by atoms with Gasteiger partial charge in [0.1, 0.15) is 5.76 Å². The maximum absolute atomic E-state index is 13.2. The van der Waals surface area contributed by atoms with Crippen molar-refractivity contribution in [2.75, 3.05) is 18.6 Å². The summed E-state index contributed by atoms with van der Waals surface area (Å²) in [6, 6.07) is 14.9. The Morgan fingerprint density at radius 3 is 2.48 bits per heavy atom. The molecular weight excluding hydrogens is 420 g/mol. The van der Waals surface area contributed by atoms with Gasteiger partial charge in [0.2, 0.25) is 0 Å². The highest BCUT2D eigenvalue weighted by Gasteiger charge is 2.47. The number of methoxy groups -OCH3 is 1. The molecule has 2 heterocycles. The molecule has 33 heavy (non-hydrogen) atoms. The normalized spacial score (nSPS) is 17.3.